The van der Waals surface area contributed by atoms with Gasteiger partial charge < -0.3 is 18.5 Å². The van der Waals surface area contributed by atoms with Crippen LogP contribution in [-0.4, -0.2) is 22.5 Å². The minimum Gasteiger partial charge on any atom is -0.467 e. The maximum atomic E-state index is 13.0. The van der Waals surface area contributed by atoms with Gasteiger partial charge in [0.15, 0.2) is 0 Å². The summed E-state index contributed by atoms with van der Waals surface area (Å²) in [4.78, 5) is 26.6. The summed E-state index contributed by atoms with van der Waals surface area (Å²) in [5.41, 5.74) is 0.440. The van der Waals surface area contributed by atoms with Gasteiger partial charge in [-0.3, -0.25) is 10.1 Å². The zero-order chi connectivity index (χ0) is 20.9. The molecule has 1 aromatic carbocycles. The zero-order valence-corrected chi connectivity index (χ0v) is 16.7. The van der Waals surface area contributed by atoms with Crippen molar-refractivity contribution < 1.29 is 23.2 Å². The maximum Gasteiger partial charge on any atom is 0.412 e. The monoisotopic (exact) mass is 396 g/mol. The molecule has 29 heavy (non-hydrogen) atoms. The van der Waals surface area contributed by atoms with Gasteiger partial charge in [-0.25, -0.2) is 4.79 Å². The number of carbonyl (C=O) groups excluding carboxylic acids is 2. The summed E-state index contributed by atoms with van der Waals surface area (Å²) in [6, 6.07) is 13.8. The Kier molecular flexibility index (Phi) is 6.07. The lowest BCUT2D eigenvalue weighted by molar-refractivity contribution is 0.0635. The summed E-state index contributed by atoms with van der Waals surface area (Å²) >= 11 is 0. The van der Waals surface area contributed by atoms with Crippen molar-refractivity contribution >= 4 is 17.7 Å². The van der Waals surface area contributed by atoms with Gasteiger partial charge in [0, 0.05) is 11.3 Å². The number of nitrogens with one attached hydrogen (secondary N) is 1. The van der Waals surface area contributed by atoms with Crippen molar-refractivity contribution in [3.63, 3.8) is 0 Å². The first kappa shape index (κ1) is 20.3. The SMILES string of the molecule is CC(C)(C)OC(=O)Nc1ccc(C(=O)N(Cc2ccco2)Cc2ccco2)cc1. The quantitative estimate of drug-likeness (QED) is 0.629. The molecule has 0 aliphatic rings. The summed E-state index contributed by atoms with van der Waals surface area (Å²) in [5, 5.41) is 2.65. The van der Waals surface area contributed by atoms with Crippen molar-refractivity contribution in [1.82, 2.24) is 4.90 Å². The number of rotatable bonds is 6. The Morgan fingerprint density at radius 2 is 1.48 bits per heavy atom. The number of amides is 2. The Bertz CT molecular complexity index is 887. The van der Waals surface area contributed by atoms with E-state index in [4.69, 9.17) is 13.6 Å². The van der Waals surface area contributed by atoms with E-state index >= 15 is 0 Å². The van der Waals surface area contributed by atoms with Crippen LogP contribution < -0.4 is 5.32 Å². The van der Waals surface area contributed by atoms with Crippen molar-refractivity contribution in [2.45, 2.75) is 39.5 Å². The van der Waals surface area contributed by atoms with Crippen LogP contribution >= 0.6 is 0 Å². The first-order valence-electron chi connectivity index (χ1n) is 9.24. The average Bonchev–Trinajstić information content (AvgIpc) is 3.33. The molecule has 1 N–H and O–H groups in total. The number of carbonyl (C=O) groups is 2. The Balaban J connectivity index is 1.70. The Labute approximate surface area is 169 Å². The van der Waals surface area contributed by atoms with Crippen LogP contribution in [0.25, 0.3) is 0 Å². The second kappa shape index (κ2) is 8.68. The fourth-order valence-corrected chi connectivity index (χ4v) is 2.68. The third-order valence-corrected chi connectivity index (χ3v) is 3.92. The van der Waals surface area contributed by atoms with E-state index in [0.717, 1.165) is 0 Å². The number of anilines is 1. The van der Waals surface area contributed by atoms with Crippen LogP contribution in [-0.2, 0) is 17.8 Å². The molecule has 0 saturated heterocycles. The number of hydrogen-bond acceptors (Lipinski definition) is 5. The van der Waals surface area contributed by atoms with Crippen LogP contribution in [0, 0.1) is 0 Å². The largest absolute Gasteiger partial charge is 0.467 e. The first-order valence-corrected chi connectivity index (χ1v) is 9.24. The van der Waals surface area contributed by atoms with Gasteiger partial charge in [0.1, 0.15) is 17.1 Å². The molecule has 0 fully saturated rings. The summed E-state index contributed by atoms with van der Waals surface area (Å²) in [7, 11) is 0. The Morgan fingerprint density at radius 3 is 1.93 bits per heavy atom. The van der Waals surface area contributed by atoms with Gasteiger partial charge in [-0.2, -0.15) is 0 Å². The summed E-state index contributed by atoms with van der Waals surface area (Å²) in [6.45, 7) is 6.00. The molecular weight excluding hydrogens is 372 g/mol. The van der Waals surface area contributed by atoms with Crippen molar-refractivity contribution in [2.24, 2.45) is 0 Å². The third kappa shape index (κ3) is 6.00. The molecule has 3 aromatic rings. The van der Waals surface area contributed by atoms with Gasteiger partial charge in [0.2, 0.25) is 0 Å². The molecule has 0 bridgehead atoms. The highest BCUT2D eigenvalue weighted by Crippen LogP contribution is 2.18. The lowest BCUT2D eigenvalue weighted by atomic mass is 10.1. The molecule has 0 saturated carbocycles. The number of hydrogen-bond donors (Lipinski definition) is 1. The molecule has 3 rings (SSSR count). The van der Waals surface area contributed by atoms with Crippen LogP contribution in [0.4, 0.5) is 10.5 Å². The molecule has 2 heterocycles. The van der Waals surface area contributed by atoms with Gasteiger partial charge >= 0.3 is 6.09 Å². The molecule has 0 spiro atoms. The van der Waals surface area contributed by atoms with Crippen molar-refractivity contribution in [3.05, 3.63) is 78.1 Å². The number of benzene rings is 1. The molecule has 0 aliphatic heterocycles. The van der Waals surface area contributed by atoms with Crippen LogP contribution in [0.2, 0.25) is 0 Å². The summed E-state index contributed by atoms with van der Waals surface area (Å²) in [5.74, 6) is 1.17. The highest BCUT2D eigenvalue weighted by Gasteiger charge is 2.20. The number of nitrogens with zero attached hydrogens (tertiary/aromatic N) is 1. The predicted octanol–water partition coefficient (Wildman–Crippen LogP) is 5.06. The topological polar surface area (TPSA) is 84.9 Å². The van der Waals surface area contributed by atoms with Crippen LogP contribution in [0.1, 0.15) is 42.6 Å². The second-order valence-electron chi connectivity index (χ2n) is 7.52. The van der Waals surface area contributed by atoms with Gasteiger partial charge in [0.05, 0.1) is 25.6 Å². The normalized spacial score (nSPS) is 11.1. The van der Waals surface area contributed by atoms with E-state index in [1.807, 2.05) is 12.1 Å². The lowest BCUT2D eigenvalue weighted by Gasteiger charge is -2.21. The molecule has 0 aliphatic carbocycles. The molecule has 0 radical (unpaired) electrons. The van der Waals surface area contributed by atoms with E-state index < -0.39 is 11.7 Å². The van der Waals surface area contributed by atoms with E-state index in [1.54, 1.807) is 74.6 Å². The molecule has 0 unspecified atom stereocenters. The first-order chi connectivity index (χ1) is 13.8. The summed E-state index contributed by atoms with van der Waals surface area (Å²) in [6.07, 6.45) is 2.60. The molecule has 2 aromatic heterocycles. The van der Waals surface area contributed by atoms with Gasteiger partial charge in [-0.05, 0) is 69.3 Å². The van der Waals surface area contributed by atoms with Crippen LogP contribution in [0.3, 0.4) is 0 Å². The van der Waals surface area contributed by atoms with Gasteiger partial charge in [-0.15, -0.1) is 0 Å². The highest BCUT2D eigenvalue weighted by atomic mass is 16.6. The highest BCUT2D eigenvalue weighted by molar-refractivity contribution is 5.95. The van der Waals surface area contributed by atoms with Crippen LogP contribution in [0.15, 0.2) is 69.9 Å². The molecule has 7 heteroatoms. The smallest absolute Gasteiger partial charge is 0.412 e. The Hall–Kier alpha value is -3.48. The van der Waals surface area contributed by atoms with Crippen LogP contribution in [0.5, 0.6) is 0 Å². The molecule has 7 nitrogen and oxygen atoms in total. The predicted molar refractivity (Wildman–Crippen MR) is 107 cm³/mol. The Morgan fingerprint density at radius 1 is 0.931 bits per heavy atom. The third-order valence-electron chi connectivity index (χ3n) is 3.92. The van der Waals surface area contributed by atoms with Crippen molar-refractivity contribution in [1.29, 1.82) is 0 Å². The standard InChI is InChI=1S/C22H24N2O5/c1-22(2,3)29-21(26)23-17-10-8-16(9-11-17)20(25)24(14-18-6-4-12-27-18)15-19-7-5-13-28-19/h4-13H,14-15H2,1-3H3,(H,23,26). The average molecular weight is 396 g/mol. The minimum atomic E-state index is -0.585. The molecule has 0 atom stereocenters. The zero-order valence-electron chi connectivity index (χ0n) is 16.7. The van der Waals surface area contributed by atoms with Gasteiger partial charge in [-0.1, -0.05) is 0 Å². The van der Waals surface area contributed by atoms with Crippen molar-refractivity contribution in [2.75, 3.05) is 5.32 Å². The minimum absolute atomic E-state index is 0.179. The second-order valence-corrected chi connectivity index (χ2v) is 7.52. The van der Waals surface area contributed by atoms with E-state index in [2.05, 4.69) is 5.32 Å². The number of furan rings is 2. The fraction of sp³-hybridized carbons (Fsp3) is 0.273. The van der Waals surface area contributed by atoms with E-state index in [-0.39, 0.29) is 5.91 Å². The summed E-state index contributed by atoms with van der Waals surface area (Å²) < 4.78 is 16.0. The number of ether oxygens (including phenoxy) is 1. The van der Waals surface area contributed by atoms with E-state index in [1.165, 1.54) is 0 Å². The maximum absolute atomic E-state index is 13.0. The van der Waals surface area contributed by atoms with E-state index in [0.29, 0.717) is 35.9 Å². The molecular formula is C22H24N2O5. The molecule has 2 amide bonds. The fourth-order valence-electron chi connectivity index (χ4n) is 2.68. The lowest BCUT2D eigenvalue weighted by Crippen LogP contribution is -2.30. The van der Waals surface area contributed by atoms with Gasteiger partial charge in [0.25, 0.3) is 5.91 Å². The van der Waals surface area contributed by atoms with Crippen molar-refractivity contribution in [3.8, 4) is 0 Å². The molecule has 152 valence electrons. The van der Waals surface area contributed by atoms with E-state index in [9.17, 15) is 9.59 Å².